The van der Waals surface area contributed by atoms with Crippen LogP contribution in [-0.2, 0) is 11.3 Å². The monoisotopic (exact) mass is 376 g/mol. The maximum absolute atomic E-state index is 13.4. The molecule has 0 bridgehead atoms. The number of likely N-dealkylation sites (tertiary alicyclic amines) is 1. The van der Waals surface area contributed by atoms with Crippen molar-refractivity contribution in [1.29, 1.82) is 0 Å². The maximum atomic E-state index is 13.4. The number of carbonyl (C=O) groups is 2. The van der Waals surface area contributed by atoms with Crippen LogP contribution in [-0.4, -0.2) is 72.5 Å². The van der Waals surface area contributed by atoms with Gasteiger partial charge < -0.3 is 15.1 Å². The van der Waals surface area contributed by atoms with Crippen LogP contribution in [0.3, 0.4) is 0 Å². The molecule has 27 heavy (non-hydrogen) atoms. The van der Waals surface area contributed by atoms with Gasteiger partial charge in [0.1, 0.15) is 5.82 Å². The number of hydrogen-bond donors (Lipinski definition) is 1. The second-order valence-electron chi connectivity index (χ2n) is 7.35. The minimum atomic E-state index is -0.220. The molecule has 3 rings (SSSR count). The fraction of sp³-hybridized carbons (Fsp3) is 0.600. The molecule has 1 aromatic rings. The second-order valence-corrected chi connectivity index (χ2v) is 7.35. The first-order valence-corrected chi connectivity index (χ1v) is 9.85. The summed E-state index contributed by atoms with van der Waals surface area (Å²) >= 11 is 0. The van der Waals surface area contributed by atoms with Crippen molar-refractivity contribution in [3.05, 3.63) is 35.6 Å². The smallest absolute Gasteiger partial charge is 0.317 e. The highest BCUT2D eigenvalue weighted by Gasteiger charge is 2.31. The molecule has 2 heterocycles. The van der Waals surface area contributed by atoms with Gasteiger partial charge in [0.2, 0.25) is 5.91 Å². The van der Waals surface area contributed by atoms with Gasteiger partial charge in [0.15, 0.2) is 0 Å². The highest BCUT2D eigenvalue weighted by molar-refractivity contribution is 5.80. The van der Waals surface area contributed by atoms with Crippen LogP contribution in [0.2, 0.25) is 0 Å². The Labute approximate surface area is 160 Å². The predicted octanol–water partition coefficient (Wildman–Crippen LogP) is 1.91. The Balaban J connectivity index is 1.51. The van der Waals surface area contributed by atoms with E-state index in [4.69, 9.17) is 0 Å². The third kappa shape index (κ3) is 5.19. The van der Waals surface area contributed by atoms with Crippen molar-refractivity contribution >= 4 is 11.9 Å². The van der Waals surface area contributed by atoms with E-state index in [2.05, 4.69) is 10.2 Å². The molecule has 0 aromatic heterocycles. The SMILES string of the molecule is CCNC(=O)N1CCN(C(=O)C2CCCN(Cc3cccc(F)c3)C2)CC1. The molecular weight excluding hydrogens is 347 g/mol. The minimum Gasteiger partial charge on any atom is -0.339 e. The number of halogens is 1. The van der Waals surface area contributed by atoms with Crippen LogP contribution in [0.1, 0.15) is 25.3 Å². The number of piperidine rings is 1. The fourth-order valence-electron chi connectivity index (χ4n) is 3.95. The standard InChI is InChI=1S/C20H29FN4O2/c1-2-22-20(27)25-11-9-24(10-12-25)19(26)17-6-4-8-23(15-17)14-16-5-3-7-18(21)13-16/h3,5,7,13,17H,2,4,6,8-12,14-15H2,1H3,(H,22,27). The lowest BCUT2D eigenvalue weighted by Crippen LogP contribution is -2.55. The first kappa shape index (κ1) is 19.6. The minimum absolute atomic E-state index is 0.0108. The summed E-state index contributed by atoms with van der Waals surface area (Å²) in [6.45, 7) is 7.18. The number of urea groups is 1. The third-order valence-corrected chi connectivity index (χ3v) is 5.36. The number of hydrogen-bond acceptors (Lipinski definition) is 3. The fourth-order valence-corrected chi connectivity index (χ4v) is 3.95. The number of piperazine rings is 1. The number of nitrogens with one attached hydrogen (secondary N) is 1. The molecule has 3 amide bonds. The van der Waals surface area contributed by atoms with Crippen molar-refractivity contribution in [2.45, 2.75) is 26.3 Å². The van der Waals surface area contributed by atoms with E-state index >= 15 is 0 Å². The van der Waals surface area contributed by atoms with Gasteiger partial charge in [0.05, 0.1) is 5.92 Å². The summed E-state index contributed by atoms with van der Waals surface area (Å²) < 4.78 is 13.4. The summed E-state index contributed by atoms with van der Waals surface area (Å²) in [7, 11) is 0. The summed E-state index contributed by atoms with van der Waals surface area (Å²) in [5.74, 6) is -0.0417. The highest BCUT2D eigenvalue weighted by atomic mass is 19.1. The third-order valence-electron chi connectivity index (χ3n) is 5.36. The Hall–Kier alpha value is -2.15. The number of benzene rings is 1. The molecule has 0 aliphatic carbocycles. The molecule has 2 fully saturated rings. The van der Waals surface area contributed by atoms with E-state index in [1.165, 1.54) is 6.07 Å². The van der Waals surface area contributed by atoms with E-state index in [1.807, 2.05) is 17.9 Å². The van der Waals surface area contributed by atoms with E-state index in [0.717, 1.165) is 24.9 Å². The lowest BCUT2D eigenvalue weighted by atomic mass is 9.95. The summed E-state index contributed by atoms with van der Waals surface area (Å²) in [4.78, 5) is 30.7. The van der Waals surface area contributed by atoms with Crippen molar-refractivity contribution in [2.24, 2.45) is 5.92 Å². The second kappa shape index (κ2) is 9.17. The van der Waals surface area contributed by atoms with Crippen molar-refractivity contribution in [2.75, 3.05) is 45.8 Å². The molecule has 2 saturated heterocycles. The highest BCUT2D eigenvalue weighted by Crippen LogP contribution is 2.21. The normalized spacial score (nSPS) is 21.2. The topological polar surface area (TPSA) is 55.9 Å². The molecule has 148 valence electrons. The molecule has 2 aliphatic heterocycles. The first-order valence-electron chi connectivity index (χ1n) is 9.85. The zero-order valence-corrected chi connectivity index (χ0v) is 16.0. The predicted molar refractivity (Wildman–Crippen MR) is 102 cm³/mol. The van der Waals surface area contributed by atoms with Gasteiger partial charge in [0, 0.05) is 45.8 Å². The molecule has 2 aliphatic rings. The van der Waals surface area contributed by atoms with E-state index in [9.17, 15) is 14.0 Å². The number of carbonyl (C=O) groups excluding carboxylic acids is 2. The Bertz CT molecular complexity index is 661. The first-order chi connectivity index (χ1) is 13.1. The zero-order valence-electron chi connectivity index (χ0n) is 16.0. The van der Waals surface area contributed by atoms with Gasteiger partial charge in [0.25, 0.3) is 0 Å². The molecule has 1 unspecified atom stereocenters. The average molecular weight is 376 g/mol. The van der Waals surface area contributed by atoms with Gasteiger partial charge in [-0.2, -0.15) is 0 Å². The van der Waals surface area contributed by atoms with Crippen molar-refractivity contribution in [1.82, 2.24) is 20.0 Å². The average Bonchev–Trinajstić information content (AvgIpc) is 2.68. The van der Waals surface area contributed by atoms with Crippen LogP contribution in [0.15, 0.2) is 24.3 Å². The van der Waals surface area contributed by atoms with Crippen LogP contribution in [0.25, 0.3) is 0 Å². The van der Waals surface area contributed by atoms with Crippen LogP contribution in [0.4, 0.5) is 9.18 Å². The van der Waals surface area contributed by atoms with Gasteiger partial charge in [-0.15, -0.1) is 0 Å². The Morgan fingerprint density at radius 3 is 2.59 bits per heavy atom. The zero-order chi connectivity index (χ0) is 19.2. The van der Waals surface area contributed by atoms with Gasteiger partial charge in [-0.1, -0.05) is 12.1 Å². The summed E-state index contributed by atoms with van der Waals surface area (Å²) in [5.41, 5.74) is 0.943. The van der Waals surface area contributed by atoms with Crippen LogP contribution in [0, 0.1) is 11.7 Å². The molecule has 0 saturated carbocycles. The molecule has 1 atom stereocenters. The van der Waals surface area contributed by atoms with E-state index < -0.39 is 0 Å². The Morgan fingerprint density at radius 2 is 1.89 bits per heavy atom. The summed E-state index contributed by atoms with van der Waals surface area (Å²) in [6, 6.07) is 6.61. The van der Waals surface area contributed by atoms with Gasteiger partial charge in [-0.25, -0.2) is 9.18 Å². The maximum Gasteiger partial charge on any atom is 0.317 e. The number of nitrogens with zero attached hydrogens (tertiary/aromatic N) is 3. The lowest BCUT2D eigenvalue weighted by Gasteiger charge is -2.39. The molecule has 0 radical (unpaired) electrons. The van der Waals surface area contributed by atoms with E-state index in [-0.39, 0.29) is 23.7 Å². The summed E-state index contributed by atoms with van der Waals surface area (Å²) in [5, 5.41) is 2.81. The molecule has 1 N–H and O–H groups in total. The van der Waals surface area contributed by atoms with Gasteiger partial charge in [-0.3, -0.25) is 9.69 Å². The number of rotatable bonds is 4. The van der Waals surface area contributed by atoms with Gasteiger partial charge in [-0.05, 0) is 44.0 Å². The van der Waals surface area contributed by atoms with Crippen molar-refractivity contribution in [3.8, 4) is 0 Å². The van der Waals surface area contributed by atoms with Crippen LogP contribution in [0.5, 0.6) is 0 Å². The molecule has 7 heteroatoms. The summed E-state index contributed by atoms with van der Waals surface area (Å²) in [6.07, 6.45) is 1.87. The van der Waals surface area contributed by atoms with Crippen molar-refractivity contribution in [3.63, 3.8) is 0 Å². The van der Waals surface area contributed by atoms with E-state index in [0.29, 0.717) is 45.8 Å². The molecular formula is C20H29FN4O2. The Morgan fingerprint density at radius 1 is 1.15 bits per heavy atom. The van der Waals surface area contributed by atoms with Crippen LogP contribution < -0.4 is 5.32 Å². The Kier molecular flexibility index (Phi) is 6.66. The van der Waals surface area contributed by atoms with E-state index in [1.54, 1.807) is 17.0 Å². The quantitative estimate of drug-likeness (QED) is 0.873. The molecule has 6 nitrogen and oxygen atoms in total. The number of amides is 3. The molecule has 0 spiro atoms. The van der Waals surface area contributed by atoms with Crippen molar-refractivity contribution < 1.29 is 14.0 Å². The lowest BCUT2D eigenvalue weighted by molar-refractivity contribution is -0.138. The van der Waals surface area contributed by atoms with Crippen LogP contribution >= 0.6 is 0 Å². The van der Waals surface area contributed by atoms with Gasteiger partial charge >= 0.3 is 6.03 Å². The molecule has 1 aromatic carbocycles. The largest absolute Gasteiger partial charge is 0.339 e.